The van der Waals surface area contributed by atoms with E-state index in [1.165, 1.54) is 18.4 Å². The lowest BCUT2D eigenvalue weighted by molar-refractivity contribution is -0.121. The van der Waals surface area contributed by atoms with E-state index in [4.69, 9.17) is 4.42 Å². The van der Waals surface area contributed by atoms with Crippen molar-refractivity contribution in [3.8, 4) is 0 Å². The maximum absolute atomic E-state index is 13.0. The van der Waals surface area contributed by atoms with Crippen LogP contribution in [0.15, 0.2) is 76.2 Å². The number of anilines is 1. The van der Waals surface area contributed by atoms with Gasteiger partial charge < -0.3 is 14.6 Å². The van der Waals surface area contributed by atoms with Gasteiger partial charge in [-0.25, -0.2) is 12.8 Å². The molecule has 10 heteroatoms. The molecule has 1 aliphatic heterocycles. The van der Waals surface area contributed by atoms with E-state index in [9.17, 15) is 22.4 Å². The highest BCUT2D eigenvalue weighted by molar-refractivity contribution is 7.92. The second-order valence-electron chi connectivity index (χ2n) is 8.04. The number of nitrogens with zero attached hydrogens (tertiary/aromatic N) is 1. The summed E-state index contributed by atoms with van der Waals surface area (Å²) in [6.07, 6.45) is 2.92. The van der Waals surface area contributed by atoms with Crippen molar-refractivity contribution >= 4 is 27.5 Å². The Bertz CT molecular complexity index is 1230. The Labute approximate surface area is 196 Å². The van der Waals surface area contributed by atoms with E-state index in [0.717, 1.165) is 17.7 Å². The van der Waals surface area contributed by atoms with Gasteiger partial charge in [-0.3, -0.25) is 14.3 Å². The molecular weight excluding hydrogens is 461 g/mol. The molecule has 2 amide bonds. The number of rotatable bonds is 7. The summed E-state index contributed by atoms with van der Waals surface area (Å²) < 4.78 is 45.4. The number of hydrogen-bond acceptors (Lipinski definition) is 5. The summed E-state index contributed by atoms with van der Waals surface area (Å²) in [5.74, 6) is -0.499. The molecule has 0 atom stereocenters. The molecule has 0 radical (unpaired) electrons. The highest BCUT2D eigenvalue weighted by Crippen LogP contribution is 2.18. The van der Waals surface area contributed by atoms with Crippen molar-refractivity contribution in [2.24, 2.45) is 0 Å². The van der Waals surface area contributed by atoms with Gasteiger partial charge in [0, 0.05) is 24.8 Å². The van der Waals surface area contributed by atoms with Crippen molar-refractivity contribution in [1.29, 1.82) is 0 Å². The molecule has 2 heterocycles. The summed E-state index contributed by atoms with van der Waals surface area (Å²) in [5.41, 5.74) is 1.06. The highest BCUT2D eigenvalue weighted by atomic mass is 32.2. The molecule has 0 aliphatic carbocycles. The minimum absolute atomic E-state index is 0.0186. The van der Waals surface area contributed by atoms with Crippen molar-refractivity contribution in [1.82, 2.24) is 10.2 Å². The van der Waals surface area contributed by atoms with Crippen LogP contribution in [0.4, 0.5) is 10.1 Å². The van der Waals surface area contributed by atoms with Crippen molar-refractivity contribution in [3.63, 3.8) is 0 Å². The van der Waals surface area contributed by atoms with Crippen molar-refractivity contribution < 1.29 is 26.8 Å². The van der Waals surface area contributed by atoms with Crippen LogP contribution in [0.3, 0.4) is 0 Å². The van der Waals surface area contributed by atoms with E-state index in [1.807, 2.05) is 0 Å². The third-order valence-electron chi connectivity index (χ3n) is 5.57. The number of sulfonamides is 1. The summed E-state index contributed by atoms with van der Waals surface area (Å²) >= 11 is 0. The van der Waals surface area contributed by atoms with Gasteiger partial charge in [-0.2, -0.15) is 0 Å². The van der Waals surface area contributed by atoms with Gasteiger partial charge in [-0.15, -0.1) is 0 Å². The lowest BCUT2D eigenvalue weighted by Crippen LogP contribution is -2.46. The van der Waals surface area contributed by atoms with E-state index in [0.29, 0.717) is 37.4 Å². The lowest BCUT2D eigenvalue weighted by Gasteiger charge is -2.31. The number of hydrogen-bond donors (Lipinski definition) is 2. The first-order valence-corrected chi connectivity index (χ1v) is 12.3. The molecule has 4 rings (SSSR count). The highest BCUT2D eigenvalue weighted by Gasteiger charge is 2.25. The normalized spacial score (nSPS) is 14.6. The first-order chi connectivity index (χ1) is 16.3. The average molecular weight is 486 g/mol. The number of halogens is 1. The number of amides is 2. The first kappa shape index (κ1) is 23.5. The number of benzene rings is 2. The molecule has 1 aliphatic rings. The fourth-order valence-electron chi connectivity index (χ4n) is 3.77. The maximum atomic E-state index is 13.0. The average Bonchev–Trinajstić information content (AvgIpc) is 3.35. The number of likely N-dealkylation sites (tertiary alicyclic amines) is 1. The summed E-state index contributed by atoms with van der Waals surface area (Å²) in [6.45, 7) is 1.07. The number of carbonyl (C=O) groups excluding carboxylic acids is 2. The van der Waals surface area contributed by atoms with Gasteiger partial charge in [0.05, 0.1) is 17.6 Å². The van der Waals surface area contributed by atoms with Crippen LogP contribution in [-0.2, 0) is 21.2 Å². The van der Waals surface area contributed by atoms with Crippen molar-refractivity contribution in [2.75, 3.05) is 17.8 Å². The minimum atomic E-state index is -3.84. The molecule has 8 nitrogen and oxygen atoms in total. The van der Waals surface area contributed by atoms with Gasteiger partial charge in [-0.05, 0) is 66.9 Å². The lowest BCUT2D eigenvalue weighted by atomic mass is 10.0. The third-order valence-corrected chi connectivity index (χ3v) is 6.97. The van der Waals surface area contributed by atoms with Gasteiger partial charge in [0.15, 0.2) is 5.76 Å². The standard InChI is InChI=1S/C24H24FN3O5S/c25-18-5-9-21(10-6-18)34(31,32)27-20-7-3-17(4-8-20)16-23(29)26-19-11-13-28(14-12-19)24(30)22-2-1-15-33-22/h1-10,15,19,27H,11-14,16H2,(H,26,29). The molecule has 34 heavy (non-hydrogen) atoms. The van der Waals surface area contributed by atoms with Gasteiger partial charge >= 0.3 is 0 Å². The molecule has 2 N–H and O–H groups in total. The van der Waals surface area contributed by atoms with Crippen LogP contribution in [0.5, 0.6) is 0 Å². The number of furan rings is 1. The molecular formula is C24H24FN3O5S. The Morgan fingerprint density at radius 1 is 1.00 bits per heavy atom. The van der Waals surface area contributed by atoms with Gasteiger partial charge in [0.1, 0.15) is 5.82 Å². The van der Waals surface area contributed by atoms with Crippen molar-refractivity contribution in [3.05, 3.63) is 84.1 Å². The minimum Gasteiger partial charge on any atom is -0.459 e. The number of nitrogens with one attached hydrogen (secondary N) is 2. The monoisotopic (exact) mass is 485 g/mol. The van der Waals surface area contributed by atoms with Crippen LogP contribution < -0.4 is 10.0 Å². The zero-order valence-electron chi connectivity index (χ0n) is 18.2. The summed E-state index contributed by atoms with van der Waals surface area (Å²) in [5, 5.41) is 3.00. The molecule has 0 spiro atoms. The second kappa shape index (κ2) is 10.1. The fourth-order valence-corrected chi connectivity index (χ4v) is 4.82. The maximum Gasteiger partial charge on any atom is 0.289 e. The van der Waals surface area contributed by atoms with Gasteiger partial charge in [-0.1, -0.05) is 12.1 Å². The van der Waals surface area contributed by atoms with Gasteiger partial charge in [0.25, 0.3) is 15.9 Å². The summed E-state index contributed by atoms with van der Waals surface area (Å²) in [4.78, 5) is 26.5. The zero-order chi connectivity index (χ0) is 24.1. The summed E-state index contributed by atoms with van der Waals surface area (Å²) in [6, 6.07) is 14.3. The van der Waals surface area contributed by atoms with E-state index < -0.39 is 15.8 Å². The molecule has 1 saturated heterocycles. The van der Waals surface area contributed by atoms with Crippen LogP contribution in [0.2, 0.25) is 0 Å². The van der Waals surface area contributed by atoms with E-state index >= 15 is 0 Å². The molecule has 2 aromatic carbocycles. The first-order valence-electron chi connectivity index (χ1n) is 10.8. The van der Waals surface area contributed by atoms with Crippen LogP contribution in [0, 0.1) is 5.82 Å². The molecule has 0 saturated carbocycles. The largest absolute Gasteiger partial charge is 0.459 e. The third kappa shape index (κ3) is 5.82. The topological polar surface area (TPSA) is 109 Å². The Kier molecular flexibility index (Phi) is 6.97. The Morgan fingerprint density at radius 2 is 1.68 bits per heavy atom. The second-order valence-corrected chi connectivity index (χ2v) is 9.73. The molecule has 3 aromatic rings. The number of piperidine rings is 1. The van der Waals surface area contributed by atoms with E-state index in [-0.39, 0.29) is 29.2 Å². The SMILES string of the molecule is O=C(Cc1ccc(NS(=O)(=O)c2ccc(F)cc2)cc1)NC1CCN(C(=O)c2ccco2)CC1. The van der Waals surface area contributed by atoms with E-state index in [2.05, 4.69) is 10.0 Å². The Hall–Kier alpha value is -3.66. The molecule has 1 fully saturated rings. The fraction of sp³-hybridized carbons (Fsp3) is 0.250. The smallest absolute Gasteiger partial charge is 0.289 e. The van der Waals surface area contributed by atoms with Gasteiger partial charge in [0.2, 0.25) is 5.91 Å². The quantitative estimate of drug-likeness (QED) is 0.534. The Balaban J connectivity index is 1.25. The van der Waals surface area contributed by atoms with Crippen LogP contribution in [-0.4, -0.2) is 44.3 Å². The van der Waals surface area contributed by atoms with Crippen LogP contribution in [0.25, 0.3) is 0 Å². The predicted octanol–water partition coefficient (Wildman–Crippen LogP) is 3.18. The number of carbonyl (C=O) groups is 2. The molecule has 0 bridgehead atoms. The van der Waals surface area contributed by atoms with Crippen molar-refractivity contribution in [2.45, 2.75) is 30.2 Å². The van der Waals surface area contributed by atoms with E-state index in [1.54, 1.807) is 41.3 Å². The zero-order valence-corrected chi connectivity index (χ0v) is 19.1. The van der Waals surface area contributed by atoms with Crippen LogP contribution in [0.1, 0.15) is 29.0 Å². The summed E-state index contributed by atoms with van der Waals surface area (Å²) in [7, 11) is -3.84. The molecule has 1 aromatic heterocycles. The molecule has 178 valence electrons. The predicted molar refractivity (Wildman–Crippen MR) is 123 cm³/mol. The van der Waals surface area contributed by atoms with Crippen LogP contribution >= 0.6 is 0 Å². The Morgan fingerprint density at radius 3 is 2.29 bits per heavy atom. The molecule has 0 unspecified atom stereocenters.